The first-order valence-corrected chi connectivity index (χ1v) is 12.4. The molecule has 6 rings (SSSR count). The van der Waals surface area contributed by atoms with Crippen LogP contribution < -0.4 is 0 Å². The minimum Gasteiger partial charge on any atom is -0.330 e. The summed E-state index contributed by atoms with van der Waals surface area (Å²) in [5, 5.41) is 0.881. The molecule has 2 bridgehead atoms. The van der Waals surface area contributed by atoms with Gasteiger partial charge in [-0.25, -0.2) is 4.98 Å². The monoisotopic (exact) mass is 422 g/mol. The fraction of sp³-hybridized carbons (Fsp3) is 0.583. The van der Waals surface area contributed by atoms with Gasteiger partial charge in [0.15, 0.2) is 5.13 Å². The molecule has 5 heterocycles. The van der Waals surface area contributed by atoms with E-state index in [2.05, 4.69) is 15.9 Å². The zero-order valence-corrected chi connectivity index (χ0v) is 18.5. The molecule has 2 aromatic heterocycles. The molecule has 6 heteroatoms. The zero-order valence-electron chi connectivity index (χ0n) is 17.7. The van der Waals surface area contributed by atoms with E-state index in [1.165, 1.54) is 38.6 Å². The Balaban J connectivity index is 1.31. The summed E-state index contributed by atoms with van der Waals surface area (Å²) in [7, 11) is 0. The van der Waals surface area contributed by atoms with E-state index in [4.69, 9.17) is 4.98 Å². The summed E-state index contributed by atoms with van der Waals surface area (Å²) in [6.45, 7) is 5.31. The third kappa shape index (κ3) is 2.99. The van der Waals surface area contributed by atoms with Gasteiger partial charge in [-0.1, -0.05) is 18.1 Å². The molecule has 3 saturated heterocycles. The quantitative estimate of drug-likeness (QED) is 0.679. The number of hydrogen-bond acceptors (Lipinski definition) is 4. The highest BCUT2D eigenvalue weighted by molar-refractivity contribution is 7.14. The van der Waals surface area contributed by atoms with Gasteiger partial charge in [-0.15, -0.1) is 11.3 Å². The lowest BCUT2D eigenvalue weighted by molar-refractivity contribution is 0.00131. The van der Waals surface area contributed by atoms with Gasteiger partial charge in [0.25, 0.3) is 5.91 Å². The van der Waals surface area contributed by atoms with E-state index in [0.717, 1.165) is 35.6 Å². The second kappa shape index (κ2) is 7.34. The van der Waals surface area contributed by atoms with Crippen LogP contribution in [0.3, 0.4) is 0 Å². The molecule has 2 unspecified atom stereocenters. The van der Waals surface area contributed by atoms with Crippen molar-refractivity contribution < 1.29 is 4.79 Å². The van der Waals surface area contributed by atoms with Crippen molar-refractivity contribution in [2.24, 2.45) is 11.8 Å². The van der Waals surface area contributed by atoms with Crippen molar-refractivity contribution in [2.45, 2.75) is 57.5 Å². The molecule has 0 saturated carbocycles. The Hall–Kier alpha value is -1.92. The number of rotatable bonds is 2. The maximum absolute atomic E-state index is 13.7. The number of carbonyl (C=O) groups is 1. The van der Waals surface area contributed by atoms with E-state index < -0.39 is 0 Å². The summed E-state index contributed by atoms with van der Waals surface area (Å²) < 4.78 is 2.00. The largest absolute Gasteiger partial charge is 0.330 e. The number of amides is 1. The number of likely N-dealkylation sites (tertiary alicyclic amines) is 1. The molecule has 2 aromatic rings. The lowest BCUT2D eigenvalue weighted by Gasteiger charge is -2.54. The molecule has 30 heavy (non-hydrogen) atoms. The van der Waals surface area contributed by atoms with Crippen LogP contribution in [0.25, 0.3) is 5.13 Å². The topological polar surface area (TPSA) is 41.4 Å². The van der Waals surface area contributed by atoms with Gasteiger partial charge in [-0.05, 0) is 69.5 Å². The Kier molecular flexibility index (Phi) is 4.61. The average molecular weight is 423 g/mol. The first-order valence-electron chi connectivity index (χ1n) is 11.6. The van der Waals surface area contributed by atoms with Crippen LogP contribution in [0.2, 0.25) is 0 Å². The van der Waals surface area contributed by atoms with E-state index in [9.17, 15) is 4.79 Å². The first kappa shape index (κ1) is 18.8. The molecule has 0 radical (unpaired) electrons. The van der Waals surface area contributed by atoms with Crippen LogP contribution in [-0.2, 0) is 0 Å². The van der Waals surface area contributed by atoms with Gasteiger partial charge in [0.05, 0.1) is 6.04 Å². The fourth-order valence-electron chi connectivity index (χ4n) is 6.49. The second-order valence-electron chi connectivity index (χ2n) is 9.50. The summed E-state index contributed by atoms with van der Waals surface area (Å²) in [5.41, 5.74) is 2.19. The van der Waals surface area contributed by atoms with Gasteiger partial charge < -0.3 is 9.47 Å². The van der Waals surface area contributed by atoms with E-state index in [-0.39, 0.29) is 11.9 Å². The number of thiazole rings is 1. The van der Waals surface area contributed by atoms with Gasteiger partial charge in [0.2, 0.25) is 0 Å². The van der Waals surface area contributed by atoms with Crippen molar-refractivity contribution in [3.8, 4) is 5.13 Å². The molecule has 0 spiro atoms. The summed E-state index contributed by atoms with van der Waals surface area (Å²) >= 11 is 1.61. The van der Waals surface area contributed by atoms with Crippen LogP contribution in [0.1, 0.15) is 53.9 Å². The van der Waals surface area contributed by atoms with E-state index in [0.29, 0.717) is 17.5 Å². The van der Waals surface area contributed by atoms with Crippen molar-refractivity contribution in [3.63, 3.8) is 0 Å². The van der Waals surface area contributed by atoms with Crippen LogP contribution in [0.4, 0.5) is 0 Å². The summed E-state index contributed by atoms with van der Waals surface area (Å²) in [4.78, 5) is 24.4. The molecule has 0 N–H and O–H groups in total. The fourth-order valence-corrected chi connectivity index (χ4v) is 7.36. The van der Waals surface area contributed by atoms with Gasteiger partial charge in [-0.3, -0.25) is 9.69 Å². The summed E-state index contributed by atoms with van der Waals surface area (Å²) in [6, 6.07) is 5.02. The summed E-state index contributed by atoms with van der Waals surface area (Å²) in [5.74, 6) is 1.42. The molecule has 3 fully saturated rings. The van der Waals surface area contributed by atoms with Gasteiger partial charge in [0, 0.05) is 36.4 Å². The average Bonchev–Trinajstić information content (AvgIpc) is 3.43. The van der Waals surface area contributed by atoms with Gasteiger partial charge >= 0.3 is 0 Å². The Morgan fingerprint density at radius 2 is 2.03 bits per heavy atom. The van der Waals surface area contributed by atoms with Crippen LogP contribution in [-0.4, -0.2) is 57.0 Å². The smallest absolute Gasteiger partial charge is 0.274 e. The molecule has 158 valence electrons. The number of carbonyl (C=O) groups excluding carboxylic acids is 1. The minimum absolute atomic E-state index is 0.136. The third-order valence-electron chi connectivity index (χ3n) is 7.73. The van der Waals surface area contributed by atoms with E-state index >= 15 is 0 Å². The Labute approximate surface area is 182 Å². The molecule has 1 amide bonds. The van der Waals surface area contributed by atoms with Crippen molar-refractivity contribution >= 4 is 17.2 Å². The first-order chi connectivity index (χ1) is 14.7. The summed E-state index contributed by atoms with van der Waals surface area (Å²) in [6.07, 6.45) is 14.1. The Bertz CT molecular complexity index is 978. The van der Waals surface area contributed by atoms with E-state index in [1.54, 1.807) is 16.9 Å². The highest BCUT2D eigenvalue weighted by Gasteiger charge is 2.47. The van der Waals surface area contributed by atoms with Crippen molar-refractivity contribution in [3.05, 3.63) is 46.7 Å². The predicted molar refractivity (Wildman–Crippen MR) is 119 cm³/mol. The number of piperidine rings is 3. The van der Waals surface area contributed by atoms with Gasteiger partial charge in [0.1, 0.15) is 5.69 Å². The predicted octanol–water partition coefficient (Wildman–Crippen LogP) is 4.28. The number of fused-ring (bicyclic) bond motifs is 6. The van der Waals surface area contributed by atoms with Crippen LogP contribution in [0.5, 0.6) is 0 Å². The molecular weight excluding hydrogens is 392 g/mol. The molecule has 3 aliphatic heterocycles. The molecule has 5 nitrogen and oxygen atoms in total. The SMILES string of the molecule is Cc1sc(-n2cccc2)nc1C(=O)N1CCCC2=CC3CC(CN4CCCC[C@H]34)[C@@H]21. The maximum atomic E-state index is 13.7. The standard InChI is InChI=1S/C24H30N4OS/c1-16-21(25-24(30-16)26-9-4-5-10-26)23(29)28-12-6-7-17-13-18-14-19(22(17)28)15-27-11-3-2-8-20(18)27/h4-5,9-10,13,18-20,22H,2-3,6-8,11-12,14-15H2,1H3/t18?,19?,20-,22-/m1/s1. The highest BCUT2D eigenvalue weighted by atomic mass is 32.1. The molecular formula is C24H30N4OS. The molecule has 4 aliphatic rings. The normalized spacial score (nSPS) is 31.1. The molecule has 1 aliphatic carbocycles. The Morgan fingerprint density at radius 1 is 1.17 bits per heavy atom. The highest BCUT2D eigenvalue weighted by Crippen LogP contribution is 2.45. The van der Waals surface area contributed by atoms with E-state index in [1.807, 2.05) is 36.0 Å². The van der Waals surface area contributed by atoms with Crippen LogP contribution in [0.15, 0.2) is 36.2 Å². The van der Waals surface area contributed by atoms with Gasteiger partial charge in [-0.2, -0.15) is 0 Å². The zero-order chi connectivity index (χ0) is 20.2. The number of nitrogens with zero attached hydrogens (tertiary/aromatic N) is 4. The van der Waals surface area contributed by atoms with Crippen molar-refractivity contribution in [1.29, 1.82) is 0 Å². The van der Waals surface area contributed by atoms with Crippen LogP contribution in [0, 0.1) is 18.8 Å². The second-order valence-corrected chi connectivity index (χ2v) is 10.7. The number of aromatic nitrogens is 2. The van der Waals surface area contributed by atoms with Crippen LogP contribution >= 0.6 is 11.3 Å². The maximum Gasteiger partial charge on any atom is 0.274 e. The number of hydrogen-bond donors (Lipinski definition) is 0. The minimum atomic E-state index is 0.136. The third-order valence-corrected chi connectivity index (χ3v) is 8.72. The molecule has 4 atom stereocenters. The lowest BCUT2D eigenvalue weighted by atomic mass is 9.68. The lowest BCUT2D eigenvalue weighted by Crippen LogP contribution is -2.60. The Morgan fingerprint density at radius 3 is 2.90 bits per heavy atom. The number of aryl methyl sites for hydroxylation is 1. The van der Waals surface area contributed by atoms with Crippen molar-refractivity contribution in [2.75, 3.05) is 19.6 Å². The van der Waals surface area contributed by atoms with Crippen molar-refractivity contribution in [1.82, 2.24) is 19.4 Å². The molecule has 0 aromatic carbocycles.